The van der Waals surface area contributed by atoms with Gasteiger partial charge >= 0.3 is 10.4 Å². The van der Waals surface area contributed by atoms with Gasteiger partial charge < -0.3 is 25.2 Å². The van der Waals surface area contributed by atoms with E-state index in [1.165, 1.54) is 6.08 Å². The summed E-state index contributed by atoms with van der Waals surface area (Å²) in [4.78, 5) is 0. The van der Waals surface area contributed by atoms with Gasteiger partial charge in [-0.2, -0.15) is 8.42 Å². The first-order valence-corrected chi connectivity index (χ1v) is 9.31. The molecular formula is C12H21NO9S2. The molecule has 1 aliphatic heterocycles. The molecule has 12 heteroatoms. The lowest BCUT2D eigenvalue weighted by molar-refractivity contribution is -0.205. The average Bonchev–Trinajstić information content (AvgIpc) is 2.52. The molecular weight excluding hydrogens is 366 g/mol. The molecule has 0 aromatic rings. The lowest BCUT2D eigenvalue weighted by Crippen LogP contribution is -2.57. The quantitative estimate of drug-likeness (QED) is 0.158. The van der Waals surface area contributed by atoms with Gasteiger partial charge in [-0.05, 0) is 12.5 Å². The molecule has 1 saturated heterocycles. The van der Waals surface area contributed by atoms with E-state index in [1.54, 1.807) is 6.08 Å². The third-order valence-electron chi connectivity index (χ3n) is 3.02. The number of ether oxygens (including phenoxy) is 1. The normalized spacial score (nSPS) is 32.2. The second-order valence-corrected chi connectivity index (χ2v) is 7.06. The van der Waals surface area contributed by atoms with Crippen LogP contribution in [0.25, 0.3) is 0 Å². The van der Waals surface area contributed by atoms with Crippen molar-refractivity contribution in [2.45, 2.75) is 49.6 Å². The van der Waals surface area contributed by atoms with Crippen molar-refractivity contribution in [2.75, 3.05) is 6.61 Å². The van der Waals surface area contributed by atoms with Gasteiger partial charge in [0.15, 0.2) is 0 Å². The largest absolute Gasteiger partial charge is 0.466 e. The van der Waals surface area contributed by atoms with E-state index in [0.717, 1.165) is 6.42 Å². The Balaban J connectivity index is 2.91. The molecule has 0 aliphatic carbocycles. The molecule has 1 rings (SSSR count). The highest BCUT2D eigenvalue weighted by molar-refractivity contribution is 8.14. The van der Waals surface area contributed by atoms with Crippen LogP contribution in [0.15, 0.2) is 17.3 Å². The van der Waals surface area contributed by atoms with Gasteiger partial charge in [0.2, 0.25) is 0 Å². The fourth-order valence-electron chi connectivity index (χ4n) is 1.81. The number of nitrogens with zero attached hydrogens (tertiary/aromatic N) is 1. The van der Waals surface area contributed by atoms with Crippen LogP contribution in [0.5, 0.6) is 0 Å². The number of rotatable bonds is 7. The number of allylic oxidation sites excluding steroid dienone is 1. The molecule has 0 aromatic heterocycles. The maximum Gasteiger partial charge on any atom is 0.466 e. The minimum absolute atomic E-state index is 0.0644. The van der Waals surface area contributed by atoms with Gasteiger partial charge in [0.1, 0.15) is 34.9 Å². The molecule has 1 fully saturated rings. The lowest BCUT2D eigenvalue weighted by atomic mass is 10.0. The molecule has 0 saturated carbocycles. The Morgan fingerprint density at radius 3 is 2.50 bits per heavy atom. The summed E-state index contributed by atoms with van der Waals surface area (Å²) in [6.45, 7) is 1.32. The summed E-state index contributed by atoms with van der Waals surface area (Å²) in [6.07, 6.45) is -1.20. The molecule has 0 spiro atoms. The standard InChI is InChI=1S/C12H21NO9S2/c1-2-3-4-5-8(13-22-24(18,19)20)23-12-11(17)10(16)9(15)7(6-14)21-12/h4-5,7,9-12,14-17H,2-3,6H2,1H3,(H,18,19,20)/b5-4+,13-8-/t7-,9+,10-,11-,12-/m1/s1. The maximum atomic E-state index is 10.6. The van der Waals surface area contributed by atoms with E-state index in [2.05, 4.69) is 9.44 Å². The van der Waals surface area contributed by atoms with E-state index in [4.69, 9.17) is 14.4 Å². The van der Waals surface area contributed by atoms with Crippen molar-refractivity contribution in [3.05, 3.63) is 12.2 Å². The van der Waals surface area contributed by atoms with Crippen LogP contribution in [-0.4, -0.2) is 74.9 Å². The van der Waals surface area contributed by atoms with Gasteiger partial charge in [-0.3, -0.25) is 4.55 Å². The Hall–Kier alpha value is -0.730. The highest BCUT2D eigenvalue weighted by Crippen LogP contribution is 2.29. The Labute approximate surface area is 143 Å². The van der Waals surface area contributed by atoms with E-state index in [1.807, 2.05) is 6.92 Å². The second kappa shape index (κ2) is 9.68. The summed E-state index contributed by atoms with van der Waals surface area (Å²) in [6, 6.07) is 0. The Morgan fingerprint density at radius 1 is 1.29 bits per heavy atom. The average molecular weight is 387 g/mol. The Morgan fingerprint density at radius 2 is 1.96 bits per heavy atom. The summed E-state index contributed by atoms with van der Waals surface area (Å²) in [5.41, 5.74) is -1.16. The van der Waals surface area contributed by atoms with Gasteiger partial charge in [-0.1, -0.05) is 36.3 Å². The van der Waals surface area contributed by atoms with Crippen LogP contribution < -0.4 is 0 Å². The van der Waals surface area contributed by atoms with Gasteiger partial charge in [-0.15, -0.1) is 0 Å². The van der Waals surface area contributed by atoms with Crippen LogP contribution in [0.4, 0.5) is 0 Å². The summed E-state index contributed by atoms with van der Waals surface area (Å²) in [7, 11) is -4.81. The van der Waals surface area contributed by atoms with Crippen molar-refractivity contribution >= 4 is 27.2 Å². The molecule has 0 radical (unpaired) electrons. The number of hydrogen-bond acceptors (Lipinski definition) is 10. The van der Waals surface area contributed by atoms with Crippen molar-refractivity contribution in [3.8, 4) is 0 Å². The summed E-state index contributed by atoms with van der Waals surface area (Å²) >= 11 is 0.698. The maximum absolute atomic E-state index is 10.6. The SMILES string of the molecule is CCC/C=C/C(=N/OS(=O)(=O)O)S[C@H]1O[C@H](CO)[C@H](O)[C@@H](O)[C@H]1O. The van der Waals surface area contributed by atoms with Crippen LogP contribution in [0, 0.1) is 0 Å². The molecule has 0 bridgehead atoms. The third-order valence-corrected chi connectivity index (χ3v) is 4.36. The van der Waals surface area contributed by atoms with E-state index >= 15 is 0 Å². The van der Waals surface area contributed by atoms with Crippen LogP contribution >= 0.6 is 11.8 Å². The molecule has 1 heterocycles. The second-order valence-electron chi connectivity index (χ2n) is 4.94. The van der Waals surface area contributed by atoms with E-state index in [0.29, 0.717) is 18.2 Å². The third kappa shape index (κ3) is 6.64. The van der Waals surface area contributed by atoms with Gasteiger partial charge in [0, 0.05) is 0 Å². The highest BCUT2D eigenvalue weighted by Gasteiger charge is 2.44. The number of thioether (sulfide) groups is 1. The van der Waals surface area contributed by atoms with E-state index in [9.17, 15) is 23.7 Å². The number of hydrogen-bond donors (Lipinski definition) is 5. The first-order chi connectivity index (χ1) is 11.2. The fraction of sp³-hybridized carbons (Fsp3) is 0.750. The molecule has 0 amide bonds. The number of aliphatic hydroxyl groups is 4. The van der Waals surface area contributed by atoms with Gasteiger partial charge in [0.25, 0.3) is 0 Å². The van der Waals surface area contributed by atoms with Crippen LogP contribution in [0.1, 0.15) is 19.8 Å². The van der Waals surface area contributed by atoms with Gasteiger partial charge in [-0.25, -0.2) is 4.28 Å². The van der Waals surface area contributed by atoms with E-state index in [-0.39, 0.29) is 5.04 Å². The molecule has 0 unspecified atom stereocenters. The Bertz CT molecular complexity index is 549. The minimum Gasteiger partial charge on any atom is -0.394 e. The van der Waals surface area contributed by atoms with Crippen LogP contribution in [0.3, 0.4) is 0 Å². The molecule has 24 heavy (non-hydrogen) atoms. The molecule has 0 aromatic carbocycles. The molecule has 10 nitrogen and oxygen atoms in total. The molecule has 5 N–H and O–H groups in total. The van der Waals surface area contributed by atoms with Crippen LogP contribution in [-0.2, 0) is 19.4 Å². The first-order valence-electron chi connectivity index (χ1n) is 7.07. The van der Waals surface area contributed by atoms with Crippen molar-refractivity contribution in [2.24, 2.45) is 5.16 Å². The van der Waals surface area contributed by atoms with Crippen molar-refractivity contribution in [3.63, 3.8) is 0 Å². The molecule has 140 valence electrons. The van der Waals surface area contributed by atoms with Crippen LogP contribution in [0.2, 0.25) is 0 Å². The zero-order valence-electron chi connectivity index (χ0n) is 12.8. The molecule has 5 atom stereocenters. The molecule has 1 aliphatic rings. The van der Waals surface area contributed by atoms with E-state index < -0.39 is 46.9 Å². The number of unbranched alkanes of at least 4 members (excludes halogenated alkanes) is 1. The number of oxime groups is 1. The topological polar surface area (TPSA) is 166 Å². The summed E-state index contributed by atoms with van der Waals surface area (Å²) in [5, 5.41) is 41.7. The number of aliphatic hydroxyl groups excluding tert-OH is 4. The smallest absolute Gasteiger partial charge is 0.394 e. The Kier molecular flexibility index (Phi) is 8.59. The van der Waals surface area contributed by atoms with Crippen molar-refractivity contribution in [1.29, 1.82) is 0 Å². The monoisotopic (exact) mass is 387 g/mol. The fourth-order valence-corrected chi connectivity index (χ4v) is 3.02. The predicted octanol–water partition coefficient (Wildman–Crippen LogP) is -0.991. The minimum atomic E-state index is -4.81. The zero-order valence-corrected chi connectivity index (χ0v) is 14.4. The van der Waals surface area contributed by atoms with Crippen molar-refractivity contribution in [1.82, 2.24) is 0 Å². The lowest BCUT2D eigenvalue weighted by Gasteiger charge is -2.39. The zero-order chi connectivity index (χ0) is 18.3. The van der Waals surface area contributed by atoms with Crippen molar-refractivity contribution < 1.29 is 42.4 Å². The predicted molar refractivity (Wildman–Crippen MR) is 85.5 cm³/mol. The summed E-state index contributed by atoms with van der Waals surface area (Å²) < 4.78 is 39.0. The highest BCUT2D eigenvalue weighted by atomic mass is 32.3. The first kappa shape index (κ1) is 21.3. The summed E-state index contributed by atoms with van der Waals surface area (Å²) in [5.74, 6) is 0. The van der Waals surface area contributed by atoms with Gasteiger partial charge in [0.05, 0.1) is 6.61 Å².